The molecule has 0 aromatic rings. The first-order valence-corrected chi connectivity index (χ1v) is 7.57. The Morgan fingerprint density at radius 1 is 1.50 bits per heavy atom. The summed E-state index contributed by atoms with van der Waals surface area (Å²) < 4.78 is 0. The first-order chi connectivity index (χ1) is 6.74. The van der Waals surface area contributed by atoms with E-state index in [2.05, 4.69) is 28.2 Å². The summed E-state index contributed by atoms with van der Waals surface area (Å²) in [6.07, 6.45) is 5.48. The van der Waals surface area contributed by atoms with Gasteiger partial charge >= 0.3 is 0 Å². The Morgan fingerprint density at radius 3 is 2.71 bits per heavy atom. The Labute approximate surface area is 99.7 Å². The van der Waals surface area contributed by atoms with Gasteiger partial charge in [-0.25, -0.2) is 0 Å². The quantitative estimate of drug-likeness (QED) is 0.693. The van der Waals surface area contributed by atoms with Crippen molar-refractivity contribution in [1.82, 2.24) is 5.32 Å². The molecule has 2 nitrogen and oxygen atoms in total. The van der Waals surface area contributed by atoms with Gasteiger partial charge in [-0.3, -0.25) is 4.79 Å². The van der Waals surface area contributed by atoms with Gasteiger partial charge in [-0.1, -0.05) is 29.3 Å². The molecule has 0 aliphatic heterocycles. The van der Waals surface area contributed by atoms with E-state index in [4.69, 9.17) is 0 Å². The van der Waals surface area contributed by atoms with Crippen LogP contribution in [0.3, 0.4) is 0 Å². The van der Waals surface area contributed by atoms with Crippen molar-refractivity contribution in [3.63, 3.8) is 0 Å². The lowest BCUT2D eigenvalue weighted by molar-refractivity contribution is -0.118. The highest BCUT2D eigenvalue weighted by atomic mass is 79.9. The molecule has 0 bridgehead atoms. The molecule has 1 N–H and O–H groups in total. The van der Waals surface area contributed by atoms with Gasteiger partial charge in [-0.05, 0) is 25.0 Å². The molecule has 0 aromatic heterocycles. The van der Waals surface area contributed by atoms with Crippen LogP contribution in [0.25, 0.3) is 0 Å². The molecule has 1 amide bonds. The minimum Gasteiger partial charge on any atom is -0.355 e. The van der Waals surface area contributed by atoms with Gasteiger partial charge in [0.25, 0.3) is 0 Å². The van der Waals surface area contributed by atoms with Crippen molar-refractivity contribution >= 4 is 33.6 Å². The van der Waals surface area contributed by atoms with E-state index >= 15 is 0 Å². The lowest BCUT2D eigenvalue weighted by atomic mass is 10.0. The van der Waals surface area contributed by atoms with E-state index in [9.17, 15) is 4.79 Å². The molecule has 0 heterocycles. The van der Waals surface area contributed by atoms with Crippen molar-refractivity contribution in [2.45, 2.75) is 26.2 Å². The number of carbonyl (C=O) groups excluding carboxylic acids is 1. The van der Waals surface area contributed by atoms with Crippen molar-refractivity contribution in [1.29, 1.82) is 0 Å². The third-order valence-electron chi connectivity index (χ3n) is 2.08. The summed E-state index contributed by atoms with van der Waals surface area (Å²) in [7, 11) is 0. The van der Waals surface area contributed by atoms with Crippen molar-refractivity contribution in [2.24, 2.45) is 5.92 Å². The minimum absolute atomic E-state index is 0.160. The van der Waals surface area contributed by atoms with E-state index in [1.54, 1.807) is 11.8 Å². The number of alkyl halides is 1. The van der Waals surface area contributed by atoms with Crippen molar-refractivity contribution in [3.8, 4) is 0 Å². The van der Waals surface area contributed by atoms with Crippen LogP contribution in [0.1, 0.15) is 26.2 Å². The molecule has 0 rings (SSSR count). The van der Waals surface area contributed by atoms with Crippen molar-refractivity contribution in [3.05, 3.63) is 0 Å². The predicted octanol–water partition coefficient (Wildman–Crippen LogP) is 2.67. The SMILES string of the molecule is CCCC(CCBr)CNC(=O)CSC. The van der Waals surface area contributed by atoms with Crippen LogP contribution < -0.4 is 5.32 Å². The van der Waals surface area contributed by atoms with E-state index < -0.39 is 0 Å². The zero-order valence-electron chi connectivity index (χ0n) is 9.01. The predicted molar refractivity (Wildman–Crippen MR) is 68.2 cm³/mol. The van der Waals surface area contributed by atoms with E-state index in [1.165, 1.54) is 12.8 Å². The maximum atomic E-state index is 11.2. The molecule has 0 fully saturated rings. The smallest absolute Gasteiger partial charge is 0.229 e. The number of carbonyl (C=O) groups is 1. The maximum Gasteiger partial charge on any atom is 0.229 e. The molecule has 0 saturated carbocycles. The summed E-state index contributed by atoms with van der Waals surface area (Å²) in [4.78, 5) is 11.2. The average molecular weight is 282 g/mol. The fourth-order valence-electron chi connectivity index (χ4n) is 1.35. The Morgan fingerprint density at radius 2 is 2.21 bits per heavy atom. The molecule has 1 atom stereocenters. The average Bonchev–Trinajstić information content (AvgIpc) is 2.15. The molecule has 0 spiro atoms. The van der Waals surface area contributed by atoms with Crippen molar-refractivity contribution in [2.75, 3.05) is 23.9 Å². The second-order valence-corrected chi connectivity index (χ2v) is 5.03. The molecule has 0 saturated heterocycles. The second-order valence-electron chi connectivity index (χ2n) is 3.37. The molecular formula is C10H20BrNOS. The van der Waals surface area contributed by atoms with Crippen molar-refractivity contribution < 1.29 is 4.79 Å². The number of hydrogen-bond acceptors (Lipinski definition) is 2. The normalized spacial score (nSPS) is 12.5. The third kappa shape index (κ3) is 7.68. The van der Waals surface area contributed by atoms with E-state index in [1.807, 2.05) is 6.26 Å². The van der Waals surface area contributed by atoms with Gasteiger partial charge in [-0.2, -0.15) is 11.8 Å². The first kappa shape index (κ1) is 14.3. The zero-order chi connectivity index (χ0) is 10.8. The molecule has 14 heavy (non-hydrogen) atoms. The second kappa shape index (κ2) is 9.84. The fraction of sp³-hybridized carbons (Fsp3) is 0.900. The number of rotatable bonds is 8. The van der Waals surface area contributed by atoms with E-state index in [0.717, 1.165) is 18.3 Å². The number of amides is 1. The van der Waals surface area contributed by atoms with Crippen LogP contribution in [0.5, 0.6) is 0 Å². The van der Waals surface area contributed by atoms with Gasteiger partial charge in [0.1, 0.15) is 0 Å². The Balaban J connectivity index is 3.63. The lowest BCUT2D eigenvalue weighted by Gasteiger charge is -2.15. The van der Waals surface area contributed by atoms with E-state index in [0.29, 0.717) is 11.7 Å². The fourth-order valence-corrected chi connectivity index (χ4v) is 2.36. The molecule has 84 valence electrons. The standard InChI is InChI=1S/C10H20BrNOS/c1-3-4-9(5-6-11)7-12-10(13)8-14-2/h9H,3-8H2,1-2H3,(H,12,13). The Bertz CT molecular complexity index is 149. The molecule has 4 heteroatoms. The summed E-state index contributed by atoms with van der Waals surface area (Å²) in [5, 5.41) is 4.00. The minimum atomic E-state index is 0.160. The molecular weight excluding hydrogens is 262 g/mol. The largest absolute Gasteiger partial charge is 0.355 e. The molecule has 0 radical (unpaired) electrons. The summed E-state index contributed by atoms with van der Waals surface area (Å²) in [6, 6.07) is 0. The summed E-state index contributed by atoms with van der Waals surface area (Å²) >= 11 is 5.01. The third-order valence-corrected chi connectivity index (χ3v) is 3.09. The van der Waals surface area contributed by atoms with Crippen LogP contribution in [0.2, 0.25) is 0 Å². The molecule has 0 aromatic carbocycles. The summed E-state index contributed by atoms with van der Waals surface area (Å²) in [5.74, 6) is 1.37. The van der Waals surface area contributed by atoms with Gasteiger partial charge < -0.3 is 5.32 Å². The Hall–Kier alpha value is 0.300. The lowest BCUT2D eigenvalue weighted by Crippen LogP contribution is -2.30. The van der Waals surface area contributed by atoms with Crippen LogP contribution in [0, 0.1) is 5.92 Å². The number of thioether (sulfide) groups is 1. The van der Waals surface area contributed by atoms with Crippen LogP contribution in [0.15, 0.2) is 0 Å². The number of nitrogens with one attached hydrogen (secondary N) is 1. The van der Waals surface area contributed by atoms with Gasteiger partial charge in [-0.15, -0.1) is 0 Å². The highest BCUT2D eigenvalue weighted by molar-refractivity contribution is 9.09. The maximum absolute atomic E-state index is 11.2. The summed E-state index contributed by atoms with van der Waals surface area (Å²) in [6.45, 7) is 3.02. The highest BCUT2D eigenvalue weighted by Crippen LogP contribution is 2.11. The number of hydrogen-bond donors (Lipinski definition) is 1. The zero-order valence-corrected chi connectivity index (χ0v) is 11.4. The van der Waals surface area contributed by atoms with Gasteiger partial charge in [0, 0.05) is 11.9 Å². The molecule has 0 aliphatic carbocycles. The topological polar surface area (TPSA) is 29.1 Å². The highest BCUT2D eigenvalue weighted by Gasteiger charge is 2.08. The van der Waals surface area contributed by atoms with Gasteiger partial charge in [0.2, 0.25) is 5.91 Å². The Kier molecular flexibility index (Phi) is 10.1. The number of halogens is 1. The first-order valence-electron chi connectivity index (χ1n) is 5.06. The van der Waals surface area contributed by atoms with Crippen LogP contribution >= 0.6 is 27.7 Å². The van der Waals surface area contributed by atoms with E-state index in [-0.39, 0.29) is 5.91 Å². The molecule has 1 unspecified atom stereocenters. The monoisotopic (exact) mass is 281 g/mol. The van der Waals surface area contributed by atoms with Crippen LogP contribution in [-0.4, -0.2) is 29.8 Å². The molecule has 0 aliphatic rings. The summed E-state index contributed by atoms with van der Waals surface area (Å²) in [5.41, 5.74) is 0. The van der Waals surface area contributed by atoms with Crippen LogP contribution in [-0.2, 0) is 4.79 Å². The van der Waals surface area contributed by atoms with Gasteiger partial charge in [0.05, 0.1) is 5.75 Å². The van der Waals surface area contributed by atoms with Gasteiger partial charge in [0.15, 0.2) is 0 Å². The van der Waals surface area contributed by atoms with Crippen LogP contribution in [0.4, 0.5) is 0 Å².